The molecule has 0 spiro atoms. The molecule has 5 heteroatoms. The van der Waals surface area contributed by atoms with Crippen molar-refractivity contribution in [1.82, 2.24) is 0 Å². The molecule has 10 heavy (non-hydrogen) atoms. The zero-order chi connectivity index (χ0) is 7.72. The summed E-state index contributed by atoms with van der Waals surface area (Å²) in [6.45, 7) is -0.153. The van der Waals surface area contributed by atoms with E-state index in [4.69, 9.17) is 20.4 Å². The fourth-order valence-electron chi connectivity index (χ4n) is 0.791. The molecule has 60 valence electrons. The van der Waals surface area contributed by atoms with Gasteiger partial charge in [0.25, 0.3) is 0 Å². The molecule has 1 aliphatic rings. The van der Waals surface area contributed by atoms with E-state index in [1.54, 1.807) is 0 Å². The van der Waals surface area contributed by atoms with Crippen molar-refractivity contribution < 1.29 is 25.2 Å². The van der Waals surface area contributed by atoms with Crippen molar-refractivity contribution in [2.45, 2.75) is 24.6 Å². The van der Waals surface area contributed by atoms with E-state index in [9.17, 15) is 0 Å². The highest BCUT2D eigenvalue weighted by molar-refractivity contribution is 4.81. The van der Waals surface area contributed by atoms with Crippen molar-refractivity contribution in [3.05, 3.63) is 0 Å². The van der Waals surface area contributed by atoms with Gasteiger partial charge in [0.1, 0.15) is 18.3 Å². The number of aliphatic hydroxyl groups excluding tert-OH is 4. The zero-order valence-corrected chi connectivity index (χ0v) is 5.21. The molecule has 0 aromatic rings. The summed E-state index contributed by atoms with van der Waals surface area (Å²) in [6, 6.07) is 0. The monoisotopic (exact) mass is 150 g/mol. The average molecular weight is 150 g/mol. The van der Waals surface area contributed by atoms with Crippen LogP contribution < -0.4 is 0 Å². The molecular formula is C5H10O5. The van der Waals surface area contributed by atoms with Crippen LogP contribution in [0.2, 0.25) is 0 Å². The Bertz CT molecular complexity index is 103. The van der Waals surface area contributed by atoms with Gasteiger partial charge in [0.2, 0.25) is 0 Å². The molecule has 4 atom stereocenters. The average Bonchev–Trinajstić information content (AvgIpc) is 1.93. The summed E-state index contributed by atoms with van der Waals surface area (Å²) in [5.41, 5.74) is 0. The maximum atomic E-state index is 8.88. The van der Waals surface area contributed by atoms with Crippen LogP contribution in [-0.2, 0) is 4.74 Å². The van der Waals surface area contributed by atoms with E-state index in [2.05, 4.69) is 4.74 Å². The third-order valence-corrected chi connectivity index (χ3v) is 1.47. The number of hydrogen-bond acceptors (Lipinski definition) is 5. The fourth-order valence-corrected chi connectivity index (χ4v) is 0.791. The Hall–Kier alpha value is -0.200. The molecule has 1 heterocycles. The molecule has 0 bridgehead atoms. The standard InChI is InChI=1S/C5H10O5/c6-2-1-10-5(9)4(8)3(2)7/h2-9H,1H2/t2-,3?,4-,5?/m0/s1. The van der Waals surface area contributed by atoms with Crippen molar-refractivity contribution in [2.75, 3.05) is 6.61 Å². The van der Waals surface area contributed by atoms with Crippen molar-refractivity contribution in [2.24, 2.45) is 0 Å². The van der Waals surface area contributed by atoms with Crippen molar-refractivity contribution in [3.63, 3.8) is 0 Å². The smallest absolute Gasteiger partial charge is 0.183 e. The second kappa shape index (κ2) is 2.81. The van der Waals surface area contributed by atoms with Crippen molar-refractivity contribution >= 4 is 0 Å². The highest BCUT2D eigenvalue weighted by Gasteiger charge is 2.36. The van der Waals surface area contributed by atoms with E-state index < -0.39 is 24.6 Å². The first-order valence-corrected chi connectivity index (χ1v) is 2.97. The van der Waals surface area contributed by atoms with Gasteiger partial charge in [-0.1, -0.05) is 0 Å². The van der Waals surface area contributed by atoms with Gasteiger partial charge in [-0.25, -0.2) is 0 Å². The van der Waals surface area contributed by atoms with Crippen LogP contribution in [0.5, 0.6) is 0 Å². The Morgan fingerprint density at radius 2 is 1.60 bits per heavy atom. The molecule has 0 saturated carbocycles. The number of hydrogen-bond donors (Lipinski definition) is 4. The second-order valence-electron chi connectivity index (χ2n) is 2.27. The van der Waals surface area contributed by atoms with E-state index in [0.717, 1.165) is 0 Å². The van der Waals surface area contributed by atoms with Crippen LogP contribution in [0, 0.1) is 0 Å². The van der Waals surface area contributed by atoms with Crippen molar-refractivity contribution in [3.8, 4) is 0 Å². The Labute approximate surface area is 57.5 Å². The maximum absolute atomic E-state index is 8.88. The first-order valence-electron chi connectivity index (χ1n) is 2.97. The SMILES string of the molecule is OC1OC[C@H](O)C(O)[C@@H]1O. The van der Waals surface area contributed by atoms with Gasteiger partial charge in [-0.3, -0.25) is 0 Å². The van der Waals surface area contributed by atoms with Gasteiger partial charge in [0.15, 0.2) is 6.29 Å². The van der Waals surface area contributed by atoms with Gasteiger partial charge >= 0.3 is 0 Å². The number of aliphatic hydroxyl groups is 4. The minimum Gasteiger partial charge on any atom is -0.388 e. The Kier molecular flexibility index (Phi) is 2.22. The lowest BCUT2D eigenvalue weighted by atomic mass is 10.1. The molecule has 0 aromatic carbocycles. The first-order chi connectivity index (χ1) is 4.63. The molecule has 0 radical (unpaired) electrons. The topological polar surface area (TPSA) is 90.2 Å². The second-order valence-corrected chi connectivity index (χ2v) is 2.27. The van der Waals surface area contributed by atoms with Crippen LogP contribution in [0.15, 0.2) is 0 Å². The van der Waals surface area contributed by atoms with E-state index in [0.29, 0.717) is 0 Å². The van der Waals surface area contributed by atoms with Crippen LogP contribution in [0.4, 0.5) is 0 Å². The summed E-state index contributed by atoms with van der Waals surface area (Å²) in [5, 5.41) is 35.3. The lowest BCUT2D eigenvalue weighted by Gasteiger charge is -2.31. The predicted octanol–water partition coefficient (Wildman–Crippen LogP) is -2.58. The molecule has 0 amide bonds. The zero-order valence-electron chi connectivity index (χ0n) is 5.21. The van der Waals surface area contributed by atoms with Crippen molar-refractivity contribution in [1.29, 1.82) is 0 Å². The summed E-state index contributed by atoms with van der Waals surface area (Å²) in [6.07, 6.45) is -5.23. The third kappa shape index (κ3) is 1.28. The highest BCUT2D eigenvalue weighted by Crippen LogP contribution is 2.12. The summed E-state index contributed by atoms with van der Waals surface area (Å²) in [7, 11) is 0. The molecule has 4 N–H and O–H groups in total. The van der Waals surface area contributed by atoms with Gasteiger partial charge in [-0.05, 0) is 0 Å². The molecule has 1 aliphatic heterocycles. The van der Waals surface area contributed by atoms with Gasteiger partial charge in [0, 0.05) is 0 Å². The lowest BCUT2D eigenvalue weighted by Crippen LogP contribution is -2.52. The molecule has 0 aliphatic carbocycles. The molecule has 1 rings (SSSR count). The van der Waals surface area contributed by atoms with E-state index in [-0.39, 0.29) is 6.61 Å². The normalized spacial score (nSPS) is 49.2. The number of ether oxygens (including phenoxy) is 1. The van der Waals surface area contributed by atoms with Gasteiger partial charge < -0.3 is 25.2 Å². The molecule has 1 fully saturated rings. The van der Waals surface area contributed by atoms with E-state index in [1.165, 1.54) is 0 Å². The van der Waals surface area contributed by atoms with Gasteiger partial charge in [-0.15, -0.1) is 0 Å². The minimum atomic E-state index is -1.41. The Morgan fingerprint density at radius 1 is 1.00 bits per heavy atom. The van der Waals surface area contributed by atoms with Crippen LogP contribution in [0.1, 0.15) is 0 Å². The van der Waals surface area contributed by atoms with Crippen LogP contribution in [-0.4, -0.2) is 51.6 Å². The largest absolute Gasteiger partial charge is 0.388 e. The number of rotatable bonds is 0. The maximum Gasteiger partial charge on any atom is 0.183 e. The Balaban J connectivity index is 2.52. The summed E-state index contributed by atoms with van der Waals surface area (Å²) in [5.74, 6) is 0. The molecule has 5 nitrogen and oxygen atoms in total. The molecule has 1 saturated heterocycles. The molecular weight excluding hydrogens is 140 g/mol. The quantitative estimate of drug-likeness (QED) is 0.304. The summed E-state index contributed by atoms with van der Waals surface area (Å²) in [4.78, 5) is 0. The van der Waals surface area contributed by atoms with E-state index in [1.807, 2.05) is 0 Å². The van der Waals surface area contributed by atoms with Crippen LogP contribution in [0.3, 0.4) is 0 Å². The lowest BCUT2D eigenvalue weighted by molar-refractivity contribution is -0.252. The fraction of sp³-hybridized carbons (Fsp3) is 1.00. The minimum absolute atomic E-state index is 0.153. The van der Waals surface area contributed by atoms with E-state index >= 15 is 0 Å². The summed E-state index contributed by atoms with van der Waals surface area (Å²) >= 11 is 0. The third-order valence-electron chi connectivity index (χ3n) is 1.47. The first kappa shape index (κ1) is 7.90. The molecule has 2 unspecified atom stereocenters. The Morgan fingerprint density at radius 3 is 2.10 bits per heavy atom. The van der Waals surface area contributed by atoms with Gasteiger partial charge in [-0.2, -0.15) is 0 Å². The molecule has 0 aromatic heterocycles. The predicted molar refractivity (Wildman–Crippen MR) is 30.0 cm³/mol. The van der Waals surface area contributed by atoms with Crippen LogP contribution >= 0.6 is 0 Å². The van der Waals surface area contributed by atoms with Crippen LogP contribution in [0.25, 0.3) is 0 Å². The summed E-state index contributed by atoms with van der Waals surface area (Å²) < 4.78 is 4.47. The highest BCUT2D eigenvalue weighted by atomic mass is 16.6. The van der Waals surface area contributed by atoms with Gasteiger partial charge in [0.05, 0.1) is 6.61 Å².